The number of hydrogen-bond donors (Lipinski definition) is 1. The Labute approximate surface area is 134 Å². The quantitative estimate of drug-likeness (QED) is 0.802. The van der Waals surface area contributed by atoms with Crippen molar-refractivity contribution in [1.82, 2.24) is 24.8 Å². The number of benzene rings is 1. The van der Waals surface area contributed by atoms with Crippen LogP contribution in [0.1, 0.15) is 30.3 Å². The van der Waals surface area contributed by atoms with E-state index in [4.69, 9.17) is 9.72 Å². The number of aromatic amines is 1. The van der Waals surface area contributed by atoms with Gasteiger partial charge in [0.15, 0.2) is 0 Å². The van der Waals surface area contributed by atoms with Gasteiger partial charge in [-0.05, 0) is 31.5 Å². The predicted octanol–water partition coefficient (Wildman–Crippen LogP) is 2.70. The van der Waals surface area contributed by atoms with E-state index in [1.54, 1.807) is 7.11 Å². The van der Waals surface area contributed by atoms with E-state index in [9.17, 15) is 0 Å². The minimum atomic E-state index is 0.324. The summed E-state index contributed by atoms with van der Waals surface area (Å²) in [4.78, 5) is 19.0. The van der Waals surface area contributed by atoms with Gasteiger partial charge in [-0.3, -0.25) is 4.90 Å². The van der Waals surface area contributed by atoms with Gasteiger partial charge in [-0.2, -0.15) is 0 Å². The minimum absolute atomic E-state index is 0.324. The molecule has 1 aliphatic heterocycles. The van der Waals surface area contributed by atoms with Crippen molar-refractivity contribution >= 4 is 11.0 Å². The van der Waals surface area contributed by atoms with E-state index in [0.717, 1.165) is 41.9 Å². The van der Waals surface area contributed by atoms with E-state index in [-0.39, 0.29) is 0 Å². The number of hydrogen-bond acceptors (Lipinski definition) is 5. The smallest absolute Gasteiger partial charge is 0.316 e. The van der Waals surface area contributed by atoms with Crippen molar-refractivity contribution < 1.29 is 4.74 Å². The van der Waals surface area contributed by atoms with E-state index in [0.29, 0.717) is 12.1 Å². The molecule has 23 heavy (non-hydrogen) atoms. The van der Waals surface area contributed by atoms with Crippen LogP contribution < -0.4 is 4.74 Å². The largest absolute Gasteiger partial charge is 0.467 e. The number of rotatable bonds is 4. The van der Waals surface area contributed by atoms with Crippen LogP contribution in [0.25, 0.3) is 11.0 Å². The average Bonchev–Trinajstić information content (AvgIpc) is 3.21. The second-order valence-corrected chi connectivity index (χ2v) is 5.85. The normalized spacial score (nSPS) is 18.6. The van der Waals surface area contributed by atoms with Crippen molar-refractivity contribution in [3.63, 3.8) is 0 Å². The van der Waals surface area contributed by atoms with Crippen molar-refractivity contribution in [3.05, 3.63) is 48.0 Å². The predicted molar refractivity (Wildman–Crippen MR) is 87.1 cm³/mol. The van der Waals surface area contributed by atoms with Crippen LogP contribution in [0.2, 0.25) is 0 Å². The molecule has 1 saturated heterocycles. The third kappa shape index (κ3) is 2.77. The lowest BCUT2D eigenvalue weighted by Crippen LogP contribution is -2.23. The molecule has 1 atom stereocenters. The molecule has 3 heterocycles. The lowest BCUT2D eigenvalue weighted by Gasteiger charge is -2.22. The topological polar surface area (TPSA) is 66.9 Å². The molecule has 0 saturated carbocycles. The summed E-state index contributed by atoms with van der Waals surface area (Å²) in [5.74, 6) is 1.05. The lowest BCUT2D eigenvalue weighted by molar-refractivity contribution is 0.240. The van der Waals surface area contributed by atoms with Gasteiger partial charge in [0, 0.05) is 24.5 Å². The first-order valence-electron chi connectivity index (χ1n) is 7.87. The zero-order valence-corrected chi connectivity index (χ0v) is 13.1. The van der Waals surface area contributed by atoms with Gasteiger partial charge in [-0.15, -0.1) is 0 Å². The van der Waals surface area contributed by atoms with Crippen LogP contribution in [-0.4, -0.2) is 38.5 Å². The second kappa shape index (κ2) is 5.96. The zero-order chi connectivity index (χ0) is 15.6. The third-order valence-electron chi connectivity index (χ3n) is 4.34. The number of para-hydroxylation sites is 2. The van der Waals surface area contributed by atoms with Gasteiger partial charge in [0.1, 0.15) is 5.82 Å². The highest BCUT2D eigenvalue weighted by Gasteiger charge is 2.28. The Morgan fingerprint density at radius 3 is 2.87 bits per heavy atom. The van der Waals surface area contributed by atoms with E-state index in [2.05, 4.69) is 25.9 Å². The number of nitrogens with one attached hydrogen (secondary N) is 1. The third-order valence-corrected chi connectivity index (χ3v) is 4.34. The monoisotopic (exact) mass is 309 g/mol. The van der Waals surface area contributed by atoms with E-state index < -0.39 is 0 Å². The number of ether oxygens (including phenoxy) is 1. The standard InChI is InChI=1S/C17H19N5O/c1-23-17-18-9-12(10-19-17)11-22-8-4-7-15(22)16-20-13-5-2-3-6-14(13)21-16/h2-3,5-6,9-10,15H,4,7-8,11H2,1H3,(H,20,21). The molecule has 2 aromatic heterocycles. The minimum Gasteiger partial charge on any atom is -0.467 e. The molecule has 1 fully saturated rings. The zero-order valence-electron chi connectivity index (χ0n) is 13.1. The number of H-pyrrole nitrogens is 1. The number of imidazole rings is 1. The molecule has 0 amide bonds. The first-order chi connectivity index (χ1) is 11.3. The van der Waals surface area contributed by atoms with Gasteiger partial charge < -0.3 is 9.72 Å². The lowest BCUT2D eigenvalue weighted by atomic mass is 10.2. The van der Waals surface area contributed by atoms with Crippen LogP contribution in [-0.2, 0) is 6.54 Å². The van der Waals surface area contributed by atoms with Crippen molar-refractivity contribution in [2.24, 2.45) is 0 Å². The average molecular weight is 309 g/mol. The molecule has 1 unspecified atom stereocenters. The van der Waals surface area contributed by atoms with Crippen LogP contribution in [0.4, 0.5) is 0 Å². The van der Waals surface area contributed by atoms with Crippen molar-refractivity contribution in [3.8, 4) is 6.01 Å². The Hall–Kier alpha value is -2.47. The van der Waals surface area contributed by atoms with Crippen LogP contribution in [0.3, 0.4) is 0 Å². The Bertz CT molecular complexity index is 765. The highest BCUT2D eigenvalue weighted by atomic mass is 16.5. The van der Waals surface area contributed by atoms with Gasteiger partial charge in [0.2, 0.25) is 0 Å². The maximum Gasteiger partial charge on any atom is 0.316 e. The van der Waals surface area contributed by atoms with E-state index in [1.165, 1.54) is 6.42 Å². The Kier molecular flexibility index (Phi) is 3.67. The molecule has 0 spiro atoms. The number of fused-ring (bicyclic) bond motifs is 1. The van der Waals surface area contributed by atoms with Gasteiger partial charge in [-0.1, -0.05) is 12.1 Å². The first-order valence-corrected chi connectivity index (χ1v) is 7.87. The first kappa shape index (κ1) is 14.1. The molecule has 1 aliphatic rings. The number of likely N-dealkylation sites (tertiary alicyclic amines) is 1. The number of aromatic nitrogens is 4. The van der Waals surface area contributed by atoms with Gasteiger partial charge in [-0.25, -0.2) is 15.0 Å². The SMILES string of the molecule is COc1ncc(CN2CCCC2c2nc3ccccc3[nH]2)cn1. The van der Waals surface area contributed by atoms with Crippen molar-refractivity contribution in [2.45, 2.75) is 25.4 Å². The van der Waals surface area contributed by atoms with Crippen LogP contribution in [0.15, 0.2) is 36.7 Å². The van der Waals surface area contributed by atoms with Crippen molar-refractivity contribution in [2.75, 3.05) is 13.7 Å². The molecule has 0 aliphatic carbocycles. The van der Waals surface area contributed by atoms with Gasteiger partial charge >= 0.3 is 6.01 Å². The summed E-state index contributed by atoms with van der Waals surface area (Å²) in [7, 11) is 1.58. The molecule has 3 aromatic rings. The summed E-state index contributed by atoms with van der Waals surface area (Å²) in [6, 6.07) is 8.90. The summed E-state index contributed by atoms with van der Waals surface area (Å²) in [6.45, 7) is 1.89. The van der Waals surface area contributed by atoms with Crippen LogP contribution >= 0.6 is 0 Å². The molecule has 6 heteroatoms. The molecule has 1 N–H and O–H groups in total. The Balaban J connectivity index is 1.55. The summed E-state index contributed by atoms with van der Waals surface area (Å²) in [5.41, 5.74) is 3.22. The van der Waals surface area contributed by atoms with Crippen LogP contribution in [0, 0.1) is 0 Å². The molecule has 6 nitrogen and oxygen atoms in total. The number of nitrogens with zero attached hydrogens (tertiary/aromatic N) is 4. The maximum atomic E-state index is 5.01. The molecule has 0 bridgehead atoms. The fourth-order valence-electron chi connectivity index (χ4n) is 3.22. The Morgan fingerprint density at radius 1 is 1.26 bits per heavy atom. The Morgan fingerprint density at radius 2 is 2.09 bits per heavy atom. The molecule has 0 radical (unpaired) electrons. The molecular weight excluding hydrogens is 290 g/mol. The van der Waals surface area contributed by atoms with Gasteiger partial charge in [0.25, 0.3) is 0 Å². The van der Waals surface area contributed by atoms with Gasteiger partial charge in [0.05, 0.1) is 24.2 Å². The summed E-state index contributed by atoms with van der Waals surface area (Å²) in [6.07, 6.45) is 5.97. The fraction of sp³-hybridized carbons (Fsp3) is 0.353. The van der Waals surface area contributed by atoms with Crippen LogP contribution in [0.5, 0.6) is 6.01 Å². The molecule has 4 rings (SSSR count). The highest BCUT2D eigenvalue weighted by Crippen LogP contribution is 2.32. The number of methoxy groups -OCH3 is 1. The molecule has 118 valence electrons. The summed E-state index contributed by atoms with van der Waals surface area (Å²) in [5, 5.41) is 0. The second-order valence-electron chi connectivity index (χ2n) is 5.85. The highest BCUT2D eigenvalue weighted by molar-refractivity contribution is 5.74. The molecule has 1 aromatic carbocycles. The summed E-state index contributed by atoms with van der Waals surface area (Å²) < 4.78 is 5.01. The van der Waals surface area contributed by atoms with Crippen molar-refractivity contribution in [1.29, 1.82) is 0 Å². The van der Waals surface area contributed by atoms with E-state index >= 15 is 0 Å². The fourth-order valence-corrected chi connectivity index (χ4v) is 3.22. The molecular formula is C17H19N5O. The van der Waals surface area contributed by atoms with E-state index in [1.807, 2.05) is 30.6 Å². The summed E-state index contributed by atoms with van der Waals surface area (Å²) >= 11 is 0. The maximum absolute atomic E-state index is 5.01.